The van der Waals surface area contributed by atoms with Gasteiger partial charge in [-0.25, -0.2) is 0 Å². The second kappa shape index (κ2) is 5.41. The first kappa shape index (κ1) is 12.2. The topological polar surface area (TPSA) is 6.48 Å². The lowest BCUT2D eigenvalue weighted by atomic mass is 9.94. The predicted octanol–water partition coefficient (Wildman–Crippen LogP) is 3.22. The summed E-state index contributed by atoms with van der Waals surface area (Å²) in [5, 5.41) is 0. The molecule has 0 aromatic heterocycles. The van der Waals surface area contributed by atoms with Crippen LogP contribution in [0.5, 0.6) is 0 Å². The molecule has 0 N–H and O–H groups in total. The maximum Gasteiger partial charge on any atom is 0.0512 e. The minimum Gasteiger partial charge on any atom is -0.289 e. The molecule has 0 saturated heterocycles. The van der Waals surface area contributed by atoms with Gasteiger partial charge in [0.1, 0.15) is 0 Å². The van der Waals surface area contributed by atoms with Crippen molar-refractivity contribution >= 4 is 0 Å². The van der Waals surface area contributed by atoms with E-state index in [0.29, 0.717) is 0 Å². The lowest BCUT2D eigenvalue weighted by molar-refractivity contribution is 0.0858. The van der Waals surface area contributed by atoms with Crippen LogP contribution >= 0.6 is 0 Å². The average molecular weight is 244 g/mol. The second-order valence-corrected chi connectivity index (χ2v) is 5.96. The molecule has 2 aliphatic rings. The summed E-state index contributed by atoms with van der Waals surface area (Å²) in [6.07, 6.45) is 7.09. The average Bonchev–Trinajstić information content (AvgIpc) is 2.57. The Labute approximate surface area is 111 Å². The lowest BCUT2D eigenvalue weighted by Crippen LogP contribution is -2.41. The molecule has 0 atom stereocenters. The van der Waals surface area contributed by atoms with Crippen molar-refractivity contribution in [1.82, 2.24) is 9.80 Å². The number of fused-ring (bicyclic) bond motifs is 1. The largest absolute Gasteiger partial charge is 0.289 e. The van der Waals surface area contributed by atoms with Gasteiger partial charge >= 0.3 is 0 Å². The van der Waals surface area contributed by atoms with E-state index in [1.807, 2.05) is 0 Å². The summed E-state index contributed by atoms with van der Waals surface area (Å²) in [6, 6.07) is 9.76. The first-order chi connectivity index (χ1) is 8.83. The molecule has 18 heavy (non-hydrogen) atoms. The molecule has 98 valence electrons. The van der Waals surface area contributed by atoms with Crippen LogP contribution in [0.15, 0.2) is 24.3 Å². The van der Waals surface area contributed by atoms with Crippen molar-refractivity contribution in [1.29, 1.82) is 0 Å². The van der Waals surface area contributed by atoms with E-state index in [0.717, 1.165) is 25.8 Å². The molecule has 0 bridgehead atoms. The molecule has 0 unspecified atom stereocenters. The van der Waals surface area contributed by atoms with Gasteiger partial charge in [0.25, 0.3) is 0 Å². The molecule has 2 heteroatoms. The van der Waals surface area contributed by atoms with E-state index < -0.39 is 0 Å². The molecule has 1 fully saturated rings. The summed E-state index contributed by atoms with van der Waals surface area (Å²) in [4.78, 5) is 5.16. The molecule has 1 saturated carbocycles. The van der Waals surface area contributed by atoms with Gasteiger partial charge in [-0.15, -0.1) is 0 Å². The molecule has 1 aliphatic carbocycles. The Morgan fingerprint density at radius 2 is 1.61 bits per heavy atom. The fraction of sp³-hybridized carbons (Fsp3) is 0.625. The number of nitrogens with zero attached hydrogens (tertiary/aromatic N) is 2. The van der Waals surface area contributed by atoms with Crippen LogP contribution in [-0.2, 0) is 13.1 Å². The van der Waals surface area contributed by atoms with Gasteiger partial charge in [0.05, 0.1) is 6.67 Å². The summed E-state index contributed by atoms with van der Waals surface area (Å²) < 4.78 is 0. The van der Waals surface area contributed by atoms with E-state index in [1.165, 1.54) is 43.2 Å². The summed E-state index contributed by atoms with van der Waals surface area (Å²) in [5.74, 6) is 0. The Hall–Kier alpha value is -0.860. The van der Waals surface area contributed by atoms with Crippen LogP contribution in [0.3, 0.4) is 0 Å². The number of hydrogen-bond acceptors (Lipinski definition) is 2. The third-order valence-corrected chi connectivity index (χ3v) is 4.45. The van der Waals surface area contributed by atoms with E-state index >= 15 is 0 Å². The van der Waals surface area contributed by atoms with Crippen LogP contribution in [0.1, 0.15) is 43.2 Å². The van der Waals surface area contributed by atoms with Gasteiger partial charge in [-0.3, -0.25) is 9.80 Å². The first-order valence-electron chi connectivity index (χ1n) is 7.32. The molecule has 0 amide bonds. The van der Waals surface area contributed by atoms with Gasteiger partial charge in [0.2, 0.25) is 0 Å². The van der Waals surface area contributed by atoms with Gasteiger partial charge in [-0.1, -0.05) is 43.5 Å². The Bertz CT molecular complexity index is 396. The molecule has 2 nitrogen and oxygen atoms in total. The predicted molar refractivity (Wildman–Crippen MR) is 75.2 cm³/mol. The number of benzene rings is 1. The third-order valence-electron chi connectivity index (χ3n) is 4.45. The molecule has 1 heterocycles. The van der Waals surface area contributed by atoms with Crippen molar-refractivity contribution in [3.05, 3.63) is 35.4 Å². The summed E-state index contributed by atoms with van der Waals surface area (Å²) in [7, 11) is 2.25. The summed E-state index contributed by atoms with van der Waals surface area (Å²) >= 11 is 0. The van der Waals surface area contributed by atoms with Crippen molar-refractivity contribution in [2.24, 2.45) is 0 Å². The van der Waals surface area contributed by atoms with Crippen molar-refractivity contribution in [2.75, 3.05) is 13.7 Å². The Morgan fingerprint density at radius 3 is 2.33 bits per heavy atom. The van der Waals surface area contributed by atoms with Crippen LogP contribution in [0, 0.1) is 0 Å². The van der Waals surface area contributed by atoms with Gasteiger partial charge < -0.3 is 0 Å². The second-order valence-electron chi connectivity index (χ2n) is 5.96. The fourth-order valence-electron chi connectivity index (χ4n) is 3.48. The Morgan fingerprint density at radius 1 is 0.944 bits per heavy atom. The highest BCUT2D eigenvalue weighted by atomic mass is 15.3. The highest BCUT2D eigenvalue weighted by Gasteiger charge is 2.25. The van der Waals surface area contributed by atoms with Crippen LogP contribution in [0.4, 0.5) is 0 Å². The highest BCUT2D eigenvalue weighted by molar-refractivity contribution is 5.27. The molecule has 3 rings (SSSR count). The minimum atomic E-state index is 0.812. The van der Waals surface area contributed by atoms with Gasteiger partial charge in [-0.05, 0) is 31.0 Å². The van der Waals surface area contributed by atoms with Gasteiger partial charge in [0, 0.05) is 19.1 Å². The molecule has 1 aliphatic heterocycles. The molecule has 0 spiro atoms. The summed E-state index contributed by atoms with van der Waals surface area (Å²) in [5.41, 5.74) is 3.05. The van der Waals surface area contributed by atoms with Gasteiger partial charge in [-0.2, -0.15) is 0 Å². The Kier molecular flexibility index (Phi) is 3.67. The molecular formula is C16H24N2. The smallest absolute Gasteiger partial charge is 0.0512 e. The van der Waals surface area contributed by atoms with Crippen molar-refractivity contribution < 1.29 is 0 Å². The van der Waals surface area contributed by atoms with Crippen LogP contribution in [0.25, 0.3) is 0 Å². The standard InChI is InChI=1S/C16H24N2/c1-17-11-14-7-5-6-8-15(14)12-18(13-17)16-9-3-2-4-10-16/h5-8,16H,2-4,9-13H2,1H3. The number of rotatable bonds is 1. The third kappa shape index (κ3) is 2.60. The van der Waals surface area contributed by atoms with Crippen LogP contribution < -0.4 is 0 Å². The van der Waals surface area contributed by atoms with Crippen LogP contribution in [0.2, 0.25) is 0 Å². The van der Waals surface area contributed by atoms with E-state index in [-0.39, 0.29) is 0 Å². The van der Waals surface area contributed by atoms with E-state index in [4.69, 9.17) is 0 Å². The quantitative estimate of drug-likeness (QED) is 0.748. The zero-order valence-electron chi connectivity index (χ0n) is 11.4. The highest BCUT2D eigenvalue weighted by Crippen LogP contribution is 2.27. The Balaban J connectivity index is 1.80. The molecule has 1 aromatic carbocycles. The summed E-state index contributed by atoms with van der Waals surface area (Å²) in [6.45, 7) is 3.36. The molecular weight excluding hydrogens is 220 g/mol. The normalized spacial score (nSPS) is 23.6. The van der Waals surface area contributed by atoms with Gasteiger partial charge in [0.15, 0.2) is 0 Å². The monoisotopic (exact) mass is 244 g/mol. The maximum absolute atomic E-state index is 2.70. The van der Waals surface area contributed by atoms with E-state index in [2.05, 4.69) is 41.1 Å². The zero-order chi connectivity index (χ0) is 12.4. The van der Waals surface area contributed by atoms with Crippen molar-refractivity contribution in [2.45, 2.75) is 51.2 Å². The maximum atomic E-state index is 2.70. The SMILES string of the molecule is CN1Cc2ccccc2CN(C2CCCCC2)C1. The molecule has 1 aromatic rings. The number of hydrogen-bond donors (Lipinski definition) is 0. The van der Waals surface area contributed by atoms with Crippen molar-refractivity contribution in [3.8, 4) is 0 Å². The lowest BCUT2D eigenvalue weighted by Gasteiger charge is -2.35. The van der Waals surface area contributed by atoms with Crippen LogP contribution in [-0.4, -0.2) is 29.6 Å². The molecule has 0 radical (unpaired) electrons. The zero-order valence-corrected chi connectivity index (χ0v) is 11.4. The minimum absolute atomic E-state index is 0.812. The first-order valence-corrected chi connectivity index (χ1v) is 7.32. The van der Waals surface area contributed by atoms with E-state index in [1.54, 1.807) is 0 Å². The van der Waals surface area contributed by atoms with Crippen molar-refractivity contribution in [3.63, 3.8) is 0 Å². The van der Waals surface area contributed by atoms with E-state index in [9.17, 15) is 0 Å². The fourth-order valence-corrected chi connectivity index (χ4v) is 3.48.